The Bertz CT molecular complexity index is 1040. The van der Waals surface area contributed by atoms with E-state index in [1.165, 1.54) is 0 Å². The fourth-order valence-corrected chi connectivity index (χ4v) is 3.69. The maximum atomic E-state index is 13.2. The van der Waals surface area contributed by atoms with Crippen LogP contribution in [0.25, 0.3) is 0 Å². The van der Waals surface area contributed by atoms with E-state index >= 15 is 0 Å². The van der Waals surface area contributed by atoms with Crippen molar-refractivity contribution in [3.05, 3.63) is 89.5 Å². The van der Waals surface area contributed by atoms with Gasteiger partial charge in [0.05, 0.1) is 19.3 Å². The molecule has 0 bridgehead atoms. The number of nitrogens with one attached hydrogen (secondary N) is 1. The van der Waals surface area contributed by atoms with Crippen molar-refractivity contribution in [2.24, 2.45) is 0 Å². The van der Waals surface area contributed by atoms with Crippen LogP contribution in [0.5, 0.6) is 11.5 Å². The van der Waals surface area contributed by atoms with E-state index < -0.39 is 0 Å². The summed E-state index contributed by atoms with van der Waals surface area (Å²) in [6.45, 7) is 1.36. The molecule has 160 valence electrons. The molecule has 31 heavy (non-hydrogen) atoms. The average Bonchev–Trinajstić information content (AvgIpc) is 2.82. The summed E-state index contributed by atoms with van der Waals surface area (Å²) in [4.78, 5) is 14.9. The first-order valence-corrected chi connectivity index (χ1v) is 10.2. The lowest BCUT2D eigenvalue weighted by molar-refractivity contribution is 0.0609. The zero-order valence-corrected chi connectivity index (χ0v) is 17.7. The van der Waals surface area contributed by atoms with Gasteiger partial charge in [0.15, 0.2) is 11.5 Å². The smallest absolute Gasteiger partial charge is 0.257 e. The van der Waals surface area contributed by atoms with Crippen LogP contribution in [0.3, 0.4) is 0 Å². The molecule has 0 saturated heterocycles. The van der Waals surface area contributed by atoms with Crippen LogP contribution in [0.15, 0.2) is 72.8 Å². The third kappa shape index (κ3) is 4.49. The number of rotatable bonds is 8. The summed E-state index contributed by atoms with van der Waals surface area (Å²) in [5.74, 6) is 1.24. The number of carbonyl (C=O) groups is 1. The van der Waals surface area contributed by atoms with Gasteiger partial charge in [-0.05, 0) is 35.4 Å². The molecule has 4 rings (SSSR count). The highest BCUT2D eigenvalue weighted by atomic mass is 16.5. The Labute approximate surface area is 182 Å². The molecule has 6 heteroatoms. The van der Waals surface area contributed by atoms with Crippen molar-refractivity contribution in [1.82, 2.24) is 4.90 Å². The van der Waals surface area contributed by atoms with E-state index in [1.54, 1.807) is 19.1 Å². The predicted molar refractivity (Wildman–Crippen MR) is 119 cm³/mol. The molecule has 0 spiro atoms. The van der Waals surface area contributed by atoms with Gasteiger partial charge in [-0.1, -0.05) is 48.5 Å². The van der Waals surface area contributed by atoms with E-state index in [0.29, 0.717) is 36.8 Å². The van der Waals surface area contributed by atoms with Gasteiger partial charge in [-0.3, -0.25) is 4.79 Å². The highest BCUT2D eigenvalue weighted by Gasteiger charge is 2.33. The Morgan fingerprint density at radius 2 is 1.71 bits per heavy atom. The minimum atomic E-state index is -0.338. The molecule has 1 aliphatic heterocycles. The molecule has 0 saturated carbocycles. The predicted octanol–water partition coefficient (Wildman–Crippen LogP) is 4.49. The van der Waals surface area contributed by atoms with E-state index in [-0.39, 0.29) is 12.1 Å². The van der Waals surface area contributed by atoms with Gasteiger partial charge in [0.25, 0.3) is 5.91 Å². The number of hydrogen-bond donors (Lipinski definition) is 1. The molecule has 3 aromatic carbocycles. The summed E-state index contributed by atoms with van der Waals surface area (Å²) in [5, 5.41) is 3.48. The number of carbonyl (C=O) groups excluding carboxylic acids is 1. The monoisotopic (exact) mass is 418 g/mol. The van der Waals surface area contributed by atoms with Crippen molar-refractivity contribution < 1.29 is 19.0 Å². The minimum Gasteiger partial charge on any atom is -0.493 e. The summed E-state index contributed by atoms with van der Waals surface area (Å²) >= 11 is 0. The van der Waals surface area contributed by atoms with Crippen LogP contribution in [0, 0.1) is 0 Å². The number of anilines is 1. The molecule has 3 aromatic rings. The SMILES string of the molecule is COCCN1C(=O)c2ccccc2NC1c1ccc(OCc2ccccc2)c(OC)c1. The van der Waals surface area contributed by atoms with Gasteiger partial charge in [0.2, 0.25) is 0 Å². The van der Waals surface area contributed by atoms with Crippen molar-refractivity contribution in [3.8, 4) is 11.5 Å². The molecule has 1 amide bonds. The highest BCUT2D eigenvalue weighted by molar-refractivity contribution is 6.01. The van der Waals surface area contributed by atoms with Crippen molar-refractivity contribution in [2.75, 3.05) is 32.7 Å². The largest absolute Gasteiger partial charge is 0.493 e. The lowest BCUT2D eigenvalue weighted by Gasteiger charge is -2.38. The fraction of sp³-hybridized carbons (Fsp3) is 0.240. The number of ether oxygens (including phenoxy) is 3. The molecule has 1 aliphatic rings. The van der Waals surface area contributed by atoms with Gasteiger partial charge < -0.3 is 24.4 Å². The second-order valence-corrected chi connectivity index (χ2v) is 7.27. The van der Waals surface area contributed by atoms with E-state index in [2.05, 4.69) is 5.32 Å². The van der Waals surface area contributed by atoms with Crippen LogP contribution in [-0.2, 0) is 11.3 Å². The third-order valence-electron chi connectivity index (χ3n) is 5.30. The minimum absolute atomic E-state index is 0.0280. The Morgan fingerprint density at radius 1 is 0.935 bits per heavy atom. The van der Waals surface area contributed by atoms with Crippen LogP contribution < -0.4 is 14.8 Å². The molecular formula is C25H26N2O4. The highest BCUT2D eigenvalue weighted by Crippen LogP contribution is 2.37. The Balaban J connectivity index is 1.61. The number of hydrogen-bond acceptors (Lipinski definition) is 5. The van der Waals surface area contributed by atoms with Crippen molar-refractivity contribution in [2.45, 2.75) is 12.8 Å². The van der Waals surface area contributed by atoms with Gasteiger partial charge in [-0.25, -0.2) is 0 Å². The fourth-order valence-electron chi connectivity index (χ4n) is 3.69. The number of para-hydroxylation sites is 1. The maximum absolute atomic E-state index is 13.2. The second-order valence-electron chi connectivity index (χ2n) is 7.27. The molecule has 0 aromatic heterocycles. The summed E-state index contributed by atoms with van der Waals surface area (Å²) in [5.41, 5.74) is 3.46. The molecule has 1 heterocycles. The van der Waals surface area contributed by atoms with Crippen molar-refractivity contribution in [1.29, 1.82) is 0 Å². The normalized spacial score (nSPS) is 15.2. The summed E-state index contributed by atoms with van der Waals surface area (Å²) in [6, 6.07) is 23.3. The van der Waals surface area contributed by atoms with Gasteiger partial charge in [-0.15, -0.1) is 0 Å². The number of amides is 1. The number of nitrogens with zero attached hydrogens (tertiary/aromatic N) is 1. The Kier molecular flexibility index (Phi) is 6.38. The average molecular weight is 418 g/mol. The van der Waals surface area contributed by atoms with Gasteiger partial charge in [0, 0.05) is 19.3 Å². The molecule has 0 aliphatic carbocycles. The standard InChI is InChI=1S/C25H26N2O4/c1-29-15-14-27-24(26-21-11-7-6-10-20(21)25(27)28)19-12-13-22(23(16-19)30-2)31-17-18-8-4-3-5-9-18/h3-13,16,24,26H,14-15,17H2,1-2H3. The maximum Gasteiger partial charge on any atom is 0.257 e. The summed E-state index contributed by atoms with van der Waals surface area (Å²) in [7, 11) is 3.25. The first kappa shape index (κ1) is 20.8. The first-order chi connectivity index (χ1) is 15.2. The zero-order valence-electron chi connectivity index (χ0n) is 17.7. The summed E-state index contributed by atoms with van der Waals surface area (Å²) < 4.78 is 16.8. The van der Waals surface area contributed by atoms with Crippen molar-refractivity contribution in [3.63, 3.8) is 0 Å². The van der Waals surface area contributed by atoms with Gasteiger partial charge in [-0.2, -0.15) is 0 Å². The Morgan fingerprint density at radius 3 is 2.48 bits per heavy atom. The van der Waals surface area contributed by atoms with Gasteiger partial charge in [0.1, 0.15) is 12.8 Å². The zero-order chi connectivity index (χ0) is 21.6. The molecule has 1 unspecified atom stereocenters. The number of fused-ring (bicyclic) bond motifs is 1. The Hall–Kier alpha value is -3.51. The van der Waals surface area contributed by atoms with E-state index in [0.717, 1.165) is 16.8 Å². The quantitative estimate of drug-likeness (QED) is 0.584. The lowest BCUT2D eigenvalue weighted by Crippen LogP contribution is -2.44. The van der Waals surface area contributed by atoms with E-state index in [9.17, 15) is 4.79 Å². The molecule has 1 atom stereocenters. The van der Waals surface area contributed by atoms with Crippen LogP contribution >= 0.6 is 0 Å². The topological polar surface area (TPSA) is 60.0 Å². The van der Waals surface area contributed by atoms with Gasteiger partial charge >= 0.3 is 0 Å². The molecule has 6 nitrogen and oxygen atoms in total. The van der Waals surface area contributed by atoms with E-state index in [1.807, 2.05) is 72.8 Å². The van der Waals surface area contributed by atoms with Crippen molar-refractivity contribution >= 4 is 11.6 Å². The number of methoxy groups -OCH3 is 2. The first-order valence-electron chi connectivity index (χ1n) is 10.2. The van der Waals surface area contributed by atoms with Crippen LogP contribution in [-0.4, -0.2) is 38.2 Å². The lowest BCUT2D eigenvalue weighted by atomic mass is 10.0. The third-order valence-corrected chi connectivity index (χ3v) is 5.30. The van der Waals surface area contributed by atoms with Crippen LogP contribution in [0.4, 0.5) is 5.69 Å². The molecule has 0 fully saturated rings. The van der Waals surface area contributed by atoms with Crippen LogP contribution in [0.1, 0.15) is 27.7 Å². The molecule has 1 N–H and O–H groups in total. The molecular weight excluding hydrogens is 392 g/mol. The van der Waals surface area contributed by atoms with Crippen LogP contribution in [0.2, 0.25) is 0 Å². The molecule has 0 radical (unpaired) electrons. The van der Waals surface area contributed by atoms with E-state index in [4.69, 9.17) is 14.2 Å². The summed E-state index contributed by atoms with van der Waals surface area (Å²) in [6.07, 6.45) is -0.338. The number of benzene rings is 3. The second kappa shape index (κ2) is 9.53.